The van der Waals surface area contributed by atoms with Gasteiger partial charge in [-0.3, -0.25) is 0 Å². The molecule has 1 atom stereocenters. The fourth-order valence-corrected chi connectivity index (χ4v) is 3.86. The van der Waals surface area contributed by atoms with Gasteiger partial charge in [0, 0.05) is 27.4 Å². The van der Waals surface area contributed by atoms with Crippen molar-refractivity contribution >= 4 is 28.4 Å². The van der Waals surface area contributed by atoms with Crippen LogP contribution in [0.5, 0.6) is 0 Å². The molecule has 1 aromatic carbocycles. The summed E-state index contributed by atoms with van der Waals surface area (Å²) in [5.41, 5.74) is 1.94. The topological polar surface area (TPSA) is 32.3 Å². The van der Waals surface area contributed by atoms with E-state index in [-0.39, 0.29) is 12.6 Å². The van der Waals surface area contributed by atoms with Gasteiger partial charge in [0.05, 0.1) is 12.6 Å². The molecule has 108 valence electrons. The van der Waals surface area contributed by atoms with Crippen molar-refractivity contribution < 1.29 is 5.11 Å². The standard InChI is InChI=1S/C17H17NOS2/c19-12-13-5-1-2-7-15(13)18-16(17-8-4-10-21-17)11-14-6-3-9-20-14/h1-10,16,18-19H,11-12H2. The van der Waals surface area contributed by atoms with Crippen molar-refractivity contribution in [1.29, 1.82) is 0 Å². The molecule has 0 saturated carbocycles. The molecule has 21 heavy (non-hydrogen) atoms. The first kappa shape index (κ1) is 14.3. The lowest BCUT2D eigenvalue weighted by Crippen LogP contribution is -2.13. The van der Waals surface area contributed by atoms with E-state index in [2.05, 4.69) is 40.3 Å². The Hall–Kier alpha value is -1.62. The first-order valence-corrected chi connectivity index (χ1v) is 8.64. The van der Waals surface area contributed by atoms with Crippen molar-refractivity contribution in [2.75, 3.05) is 5.32 Å². The van der Waals surface area contributed by atoms with E-state index in [9.17, 15) is 5.11 Å². The second-order valence-corrected chi connectivity index (χ2v) is 6.82. The molecule has 2 N–H and O–H groups in total. The summed E-state index contributed by atoms with van der Waals surface area (Å²) < 4.78 is 0. The zero-order valence-electron chi connectivity index (χ0n) is 11.5. The average molecular weight is 315 g/mol. The van der Waals surface area contributed by atoms with Crippen LogP contribution < -0.4 is 5.32 Å². The maximum Gasteiger partial charge on any atom is 0.0701 e. The van der Waals surface area contributed by atoms with E-state index in [0.717, 1.165) is 17.7 Å². The van der Waals surface area contributed by atoms with Gasteiger partial charge in [-0.05, 0) is 29.0 Å². The lowest BCUT2D eigenvalue weighted by molar-refractivity contribution is 0.282. The number of hydrogen-bond donors (Lipinski definition) is 2. The highest BCUT2D eigenvalue weighted by Gasteiger charge is 2.15. The predicted molar refractivity (Wildman–Crippen MR) is 91.1 cm³/mol. The number of aliphatic hydroxyl groups is 1. The van der Waals surface area contributed by atoms with Crippen molar-refractivity contribution in [3.8, 4) is 0 Å². The van der Waals surface area contributed by atoms with Gasteiger partial charge in [0.2, 0.25) is 0 Å². The van der Waals surface area contributed by atoms with Crippen LogP contribution in [0, 0.1) is 0 Å². The molecule has 4 heteroatoms. The molecule has 3 aromatic rings. The van der Waals surface area contributed by atoms with Gasteiger partial charge < -0.3 is 10.4 Å². The number of para-hydroxylation sites is 1. The van der Waals surface area contributed by atoms with Crippen LogP contribution in [-0.2, 0) is 13.0 Å². The SMILES string of the molecule is OCc1ccccc1NC(Cc1cccs1)c1cccs1. The minimum absolute atomic E-state index is 0.0549. The smallest absolute Gasteiger partial charge is 0.0701 e. The molecular weight excluding hydrogens is 298 g/mol. The minimum Gasteiger partial charge on any atom is -0.392 e. The van der Waals surface area contributed by atoms with Gasteiger partial charge in [-0.15, -0.1) is 22.7 Å². The Morgan fingerprint density at radius 1 is 0.952 bits per heavy atom. The van der Waals surface area contributed by atoms with E-state index in [0.29, 0.717) is 0 Å². The molecular formula is C17H17NOS2. The van der Waals surface area contributed by atoms with Crippen LogP contribution in [0.3, 0.4) is 0 Å². The number of nitrogens with one attached hydrogen (secondary N) is 1. The highest BCUT2D eigenvalue weighted by molar-refractivity contribution is 7.10. The molecule has 0 fully saturated rings. The number of aliphatic hydroxyl groups excluding tert-OH is 1. The maximum atomic E-state index is 9.48. The molecule has 0 amide bonds. The van der Waals surface area contributed by atoms with Gasteiger partial charge in [-0.25, -0.2) is 0 Å². The number of rotatable bonds is 6. The lowest BCUT2D eigenvalue weighted by atomic mass is 10.1. The Labute approximate surface area is 132 Å². The zero-order valence-corrected chi connectivity index (χ0v) is 13.2. The zero-order chi connectivity index (χ0) is 14.5. The summed E-state index contributed by atoms with van der Waals surface area (Å²) in [4.78, 5) is 2.68. The Bertz CT molecular complexity index is 662. The predicted octanol–water partition coefficient (Wildman–Crippen LogP) is 4.70. The van der Waals surface area contributed by atoms with Crippen LogP contribution in [0.25, 0.3) is 0 Å². The van der Waals surface area contributed by atoms with Gasteiger partial charge in [-0.2, -0.15) is 0 Å². The summed E-state index contributed by atoms with van der Waals surface area (Å²) >= 11 is 3.55. The Balaban J connectivity index is 1.85. The van der Waals surface area contributed by atoms with E-state index in [4.69, 9.17) is 0 Å². The number of anilines is 1. The van der Waals surface area contributed by atoms with Crippen molar-refractivity contribution in [3.05, 3.63) is 74.6 Å². The summed E-state index contributed by atoms with van der Waals surface area (Å²) in [6.45, 7) is 0.0549. The summed E-state index contributed by atoms with van der Waals surface area (Å²) in [5.74, 6) is 0. The second kappa shape index (κ2) is 6.89. The molecule has 0 aliphatic heterocycles. The minimum atomic E-state index is 0.0549. The van der Waals surface area contributed by atoms with Gasteiger partial charge in [-0.1, -0.05) is 30.3 Å². The van der Waals surface area contributed by atoms with E-state index in [1.54, 1.807) is 22.7 Å². The van der Waals surface area contributed by atoms with E-state index < -0.39 is 0 Å². The van der Waals surface area contributed by atoms with Crippen molar-refractivity contribution in [3.63, 3.8) is 0 Å². The second-order valence-electron chi connectivity index (χ2n) is 4.81. The van der Waals surface area contributed by atoms with Gasteiger partial charge in [0.1, 0.15) is 0 Å². The Morgan fingerprint density at radius 3 is 2.48 bits per heavy atom. The third-order valence-corrected chi connectivity index (χ3v) is 5.27. The van der Waals surface area contributed by atoms with E-state index in [1.807, 2.05) is 24.3 Å². The molecule has 0 aliphatic rings. The van der Waals surface area contributed by atoms with Gasteiger partial charge in [0.15, 0.2) is 0 Å². The van der Waals surface area contributed by atoms with Crippen molar-refractivity contribution in [2.24, 2.45) is 0 Å². The van der Waals surface area contributed by atoms with Crippen LogP contribution >= 0.6 is 22.7 Å². The van der Waals surface area contributed by atoms with Crippen molar-refractivity contribution in [1.82, 2.24) is 0 Å². The molecule has 0 bridgehead atoms. The fraction of sp³-hybridized carbons (Fsp3) is 0.176. The number of benzene rings is 1. The first-order chi connectivity index (χ1) is 10.4. The maximum absolute atomic E-state index is 9.48. The van der Waals surface area contributed by atoms with E-state index >= 15 is 0 Å². The van der Waals surface area contributed by atoms with Crippen LogP contribution in [0.4, 0.5) is 5.69 Å². The monoisotopic (exact) mass is 315 g/mol. The summed E-state index contributed by atoms with van der Waals surface area (Å²) in [7, 11) is 0. The Morgan fingerprint density at radius 2 is 1.76 bits per heavy atom. The highest BCUT2D eigenvalue weighted by atomic mass is 32.1. The molecule has 2 nitrogen and oxygen atoms in total. The molecule has 3 rings (SSSR count). The molecule has 2 aromatic heterocycles. The summed E-state index contributed by atoms with van der Waals surface area (Å²) in [6.07, 6.45) is 0.956. The van der Waals surface area contributed by atoms with Crippen LogP contribution in [0.1, 0.15) is 21.4 Å². The van der Waals surface area contributed by atoms with Crippen LogP contribution in [-0.4, -0.2) is 5.11 Å². The molecule has 2 heterocycles. The van der Waals surface area contributed by atoms with E-state index in [1.165, 1.54) is 9.75 Å². The third-order valence-electron chi connectivity index (χ3n) is 3.39. The average Bonchev–Trinajstić information content (AvgIpc) is 3.20. The normalized spacial score (nSPS) is 12.2. The summed E-state index contributed by atoms with van der Waals surface area (Å²) in [6, 6.07) is 16.7. The lowest BCUT2D eigenvalue weighted by Gasteiger charge is -2.20. The molecule has 0 aliphatic carbocycles. The number of hydrogen-bond acceptors (Lipinski definition) is 4. The molecule has 1 unspecified atom stereocenters. The van der Waals surface area contributed by atoms with Crippen LogP contribution in [0.2, 0.25) is 0 Å². The fourth-order valence-electron chi connectivity index (χ4n) is 2.33. The third kappa shape index (κ3) is 3.53. The van der Waals surface area contributed by atoms with Gasteiger partial charge in [0.25, 0.3) is 0 Å². The van der Waals surface area contributed by atoms with Crippen LogP contribution in [0.15, 0.2) is 59.3 Å². The molecule has 0 radical (unpaired) electrons. The number of thiophene rings is 2. The quantitative estimate of drug-likeness (QED) is 0.691. The Kier molecular flexibility index (Phi) is 4.70. The molecule has 0 spiro atoms. The van der Waals surface area contributed by atoms with Crippen molar-refractivity contribution in [2.45, 2.75) is 19.1 Å². The largest absolute Gasteiger partial charge is 0.392 e. The molecule has 0 saturated heterocycles. The first-order valence-electron chi connectivity index (χ1n) is 6.88. The van der Waals surface area contributed by atoms with Gasteiger partial charge >= 0.3 is 0 Å². The highest BCUT2D eigenvalue weighted by Crippen LogP contribution is 2.29. The summed E-state index contributed by atoms with van der Waals surface area (Å²) in [5, 5.41) is 17.3.